The number of ether oxygens (including phenoxy) is 1. The molecule has 8 nitrogen and oxygen atoms in total. The predicted octanol–water partition coefficient (Wildman–Crippen LogP) is 3.26. The minimum absolute atomic E-state index is 0.0625. The first-order valence-corrected chi connectivity index (χ1v) is 13.0. The second-order valence-electron chi connectivity index (χ2n) is 8.35. The fraction of sp³-hybridized carbons (Fsp3) is 0.435. The van der Waals surface area contributed by atoms with Crippen molar-refractivity contribution in [1.29, 1.82) is 0 Å². The first-order chi connectivity index (χ1) is 15.5. The number of nitrogens with one attached hydrogen (secondary N) is 1. The Morgan fingerprint density at radius 2 is 1.79 bits per heavy atom. The highest BCUT2D eigenvalue weighted by Gasteiger charge is 2.35. The lowest BCUT2D eigenvalue weighted by Gasteiger charge is -2.27. The van der Waals surface area contributed by atoms with Gasteiger partial charge in [0, 0.05) is 29.1 Å². The summed E-state index contributed by atoms with van der Waals surface area (Å²) in [5.74, 6) is -0.672. The molecule has 1 N–H and O–H groups in total. The molecule has 1 aliphatic rings. The van der Waals surface area contributed by atoms with Crippen molar-refractivity contribution >= 4 is 39.0 Å². The van der Waals surface area contributed by atoms with Crippen molar-refractivity contribution in [3.63, 3.8) is 0 Å². The minimum atomic E-state index is -3.91. The minimum Gasteiger partial charge on any atom is -0.465 e. The standard InChI is InChI=1S/C23H28N2O6S2/c1-14(2)9-11-24-33(29,30)23-20(22(28)31-4)18-10-12-25(13-19(18)32-23)21(27)17-7-5-16(6-8-17)15(3)26/h5-8,14,24H,9-13H2,1-4H3. The Morgan fingerprint density at radius 3 is 2.36 bits per heavy atom. The van der Waals surface area contributed by atoms with Crippen LogP contribution in [-0.2, 0) is 27.7 Å². The van der Waals surface area contributed by atoms with E-state index in [9.17, 15) is 22.8 Å². The molecule has 0 spiro atoms. The molecule has 33 heavy (non-hydrogen) atoms. The maximum atomic E-state index is 13.0. The summed E-state index contributed by atoms with van der Waals surface area (Å²) in [6.07, 6.45) is 1.01. The van der Waals surface area contributed by atoms with E-state index in [2.05, 4.69) is 4.72 Å². The SMILES string of the molecule is COC(=O)c1c(S(=O)(=O)NCCC(C)C)sc2c1CCN(C(=O)c1ccc(C(C)=O)cc1)C2. The third-order valence-electron chi connectivity index (χ3n) is 5.50. The largest absolute Gasteiger partial charge is 0.465 e. The van der Waals surface area contributed by atoms with Crippen molar-refractivity contribution in [2.24, 2.45) is 5.92 Å². The van der Waals surface area contributed by atoms with E-state index in [1.165, 1.54) is 14.0 Å². The number of ketones is 1. The maximum Gasteiger partial charge on any atom is 0.340 e. The second-order valence-corrected chi connectivity index (χ2v) is 11.4. The number of benzene rings is 1. The van der Waals surface area contributed by atoms with Crippen LogP contribution in [0.4, 0.5) is 0 Å². The number of thiophene rings is 1. The molecule has 2 aromatic rings. The van der Waals surface area contributed by atoms with Crippen LogP contribution in [0.5, 0.6) is 0 Å². The van der Waals surface area contributed by atoms with E-state index in [-0.39, 0.29) is 34.6 Å². The molecule has 0 saturated carbocycles. The smallest absolute Gasteiger partial charge is 0.340 e. The van der Waals surface area contributed by atoms with Gasteiger partial charge in [0.1, 0.15) is 4.21 Å². The van der Waals surface area contributed by atoms with Crippen LogP contribution in [0.25, 0.3) is 0 Å². The van der Waals surface area contributed by atoms with Gasteiger partial charge in [-0.15, -0.1) is 11.3 Å². The fourth-order valence-electron chi connectivity index (χ4n) is 3.63. The highest BCUT2D eigenvalue weighted by molar-refractivity contribution is 7.91. The average Bonchev–Trinajstić information content (AvgIpc) is 3.17. The molecule has 3 rings (SSSR count). The summed E-state index contributed by atoms with van der Waals surface area (Å²) in [6.45, 7) is 6.25. The lowest BCUT2D eigenvalue weighted by molar-refractivity contribution is 0.0595. The Balaban J connectivity index is 1.89. The zero-order chi connectivity index (χ0) is 24.3. The lowest BCUT2D eigenvalue weighted by atomic mass is 10.0. The van der Waals surface area contributed by atoms with Crippen molar-refractivity contribution in [1.82, 2.24) is 9.62 Å². The summed E-state index contributed by atoms with van der Waals surface area (Å²) in [5, 5.41) is 0. The van der Waals surface area contributed by atoms with Gasteiger partial charge in [0.2, 0.25) is 0 Å². The van der Waals surface area contributed by atoms with Gasteiger partial charge in [-0.2, -0.15) is 0 Å². The molecule has 178 valence electrons. The van der Waals surface area contributed by atoms with Crippen molar-refractivity contribution in [3.05, 3.63) is 51.4 Å². The summed E-state index contributed by atoms with van der Waals surface area (Å²) in [6, 6.07) is 6.44. The summed E-state index contributed by atoms with van der Waals surface area (Å²) >= 11 is 1.00. The topological polar surface area (TPSA) is 110 Å². The van der Waals surface area contributed by atoms with E-state index in [0.717, 1.165) is 11.3 Å². The van der Waals surface area contributed by atoms with Crippen LogP contribution < -0.4 is 4.72 Å². The van der Waals surface area contributed by atoms with E-state index in [1.54, 1.807) is 29.2 Å². The van der Waals surface area contributed by atoms with Gasteiger partial charge < -0.3 is 9.64 Å². The zero-order valence-corrected chi connectivity index (χ0v) is 20.8. The van der Waals surface area contributed by atoms with Crippen molar-refractivity contribution < 1.29 is 27.5 Å². The molecule has 0 radical (unpaired) electrons. The number of nitrogens with zero attached hydrogens (tertiary/aromatic N) is 1. The van der Waals surface area contributed by atoms with E-state index in [1.807, 2.05) is 13.8 Å². The molecule has 0 unspecified atom stereocenters. The third-order valence-corrected chi connectivity index (χ3v) is 8.69. The Kier molecular flexibility index (Phi) is 7.71. The number of fused-ring (bicyclic) bond motifs is 1. The van der Waals surface area contributed by atoms with Gasteiger partial charge in [-0.3, -0.25) is 9.59 Å². The molecule has 0 aliphatic carbocycles. The van der Waals surface area contributed by atoms with E-state index < -0.39 is 16.0 Å². The van der Waals surface area contributed by atoms with Crippen LogP contribution >= 0.6 is 11.3 Å². The van der Waals surface area contributed by atoms with Crippen LogP contribution in [0.15, 0.2) is 28.5 Å². The quantitative estimate of drug-likeness (QED) is 0.447. The summed E-state index contributed by atoms with van der Waals surface area (Å²) in [5.41, 5.74) is 1.64. The number of amides is 1. The van der Waals surface area contributed by atoms with Crippen LogP contribution in [0.3, 0.4) is 0 Å². The average molecular weight is 493 g/mol. The molecular weight excluding hydrogens is 464 g/mol. The van der Waals surface area contributed by atoms with Gasteiger partial charge in [-0.05, 0) is 43.4 Å². The van der Waals surface area contributed by atoms with Gasteiger partial charge in [-0.25, -0.2) is 17.9 Å². The highest BCUT2D eigenvalue weighted by atomic mass is 32.2. The number of methoxy groups -OCH3 is 1. The highest BCUT2D eigenvalue weighted by Crippen LogP contribution is 2.37. The molecule has 2 heterocycles. The molecular formula is C23H28N2O6S2. The number of hydrogen-bond acceptors (Lipinski definition) is 7. The van der Waals surface area contributed by atoms with Gasteiger partial charge in [0.25, 0.3) is 15.9 Å². The molecule has 1 aromatic carbocycles. The molecule has 0 atom stereocenters. The number of carbonyl (C=O) groups is 3. The third kappa shape index (κ3) is 5.51. The first-order valence-electron chi connectivity index (χ1n) is 10.7. The summed E-state index contributed by atoms with van der Waals surface area (Å²) in [4.78, 5) is 39.2. The van der Waals surface area contributed by atoms with E-state index >= 15 is 0 Å². The van der Waals surface area contributed by atoms with Crippen LogP contribution in [-0.4, -0.2) is 51.2 Å². The van der Waals surface area contributed by atoms with E-state index in [4.69, 9.17) is 4.74 Å². The fourth-order valence-corrected chi connectivity index (χ4v) is 6.62. The Labute approximate surface area is 198 Å². The number of Topliss-reactive ketones (excluding diaryl/α,β-unsaturated/α-hetero) is 1. The monoisotopic (exact) mass is 492 g/mol. The van der Waals surface area contributed by atoms with Gasteiger partial charge in [0.05, 0.1) is 19.2 Å². The zero-order valence-electron chi connectivity index (χ0n) is 19.1. The molecule has 0 fully saturated rings. The number of carbonyl (C=O) groups excluding carboxylic acids is 3. The Morgan fingerprint density at radius 1 is 1.15 bits per heavy atom. The molecule has 0 bridgehead atoms. The van der Waals surface area contributed by atoms with Crippen molar-refractivity contribution in [3.8, 4) is 0 Å². The first kappa shape index (κ1) is 25.1. The van der Waals surface area contributed by atoms with Crippen LogP contribution in [0.2, 0.25) is 0 Å². The lowest BCUT2D eigenvalue weighted by Crippen LogP contribution is -2.35. The van der Waals surface area contributed by atoms with Gasteiger partial charge in [0.15, 0.2) is 5.78 Å². The normalized spacial score (nSPS) is 13.7. The van der Waals surface area contributed by atoms with Crippen molar-refractivity contribution in [2.75, 3.05) is 20.2 Å². The van der Waals surface area contributed by atoms with Crippen molar-refractivity contribution in [2.45, 2.75) is 44.4 Å². The van der Waals surface area contributed by atoms with E-state index in [0.29, 0.717) is 46.9 Å². The molecule has 1 aromatic heterocycles. The molecule has 1 amide bonds. The summed E-state index contributed by atoms with van der Waals surface area (Å²) in [7, 11) is -2.69. The van der Waals surface area contributed by atoms with Crippen LogP contribution in [0.1, 0.15) is 68.7 Å². The molecule has 1 aliphatic heterocycles. The Bertz CT molecular complexity index is 1170. The molecule has 0 saturated heterocycles. The Hall–Kier alpha value is -2.56. The number of rotatable bonds is 8. The van der Waals surface area contributed by atoms with Gasteiger partial charge >= 0.3 is 5.97 Å². The van der Waals surface area contributed by atoms with Crippen LogP contribution in [0, 0.1) is 5.92 Å². The number of sulfonamides is 1. The number of esters is 1. The predicted molar refractivity (Wildman–Crippen MR) is 125 cm³/mol. The van der Waals surface area contributed by atoms with Gasteiger partial charge in [-0.1, -0.05) is 26.0 Å². The summed E-state index contributed by atoms with van der Waals surface area (Å²) < 4.78 is 33.4. The number of hydrogen-bond donors (Lipinski definition) is 1. The maximum absolute atomic E-state index is 13.0. The second kappa shape index (κ2) is 10.1. The molecule has 10 heteroatoms.